The standard InChI is InChI=1S/C19H32BrN5O/c1-13(2)18(10-11-25(6)24-23-15(4)14(3)20)22-17-9-7-8-16(12-17)19(26)21-5/h7-9,12,14-15,18-19,21-22,26H,1,10-11H2,2-6H3/t14?,15-,18?,19?/m0/s1. The van der Waals surface area contributed by atoms with Crippen LogP contribution in [-0.2, 0) is 0 Å². The van der Waals surface area contributed by atoms with Crippen molar-refractivity contribution in [1.29, 1.82) is 0 Å². The molecule has 7 heteroatoms. The van der Waals surface area contributed by atoms with Gasteiger partial charge in [-0.1, -0.05) is 52.4 Å². The molecule has 1 aromatic carbocycles. The summed E-state index contributed by atoms with van der Waals surface area (Å²) in [4.78, 5) is 0.296. The van der Waals surface area contributed by atoms with Crippen LogP contribution in [0.15, 0.2) is 46.8 Å². The molecule has 26 heavy (non-hydrogen) atoms. The first kappa shape index (κ1) is 22.6. The Morgan fingerprint density at radius 1 is 1.38 bits per heavy atom. The van der Waals surface area contributed by atoms with Gasteiger partial charge in [-0.15, -0.1) is 0 Å². The van der Waals surface area contributed by atoms with Crippen molar-refractivity contribution < 1.29 is 5.11 Å². The predicted molar refractivity (Wildman–Crippen MR) is 113 cm³/mol. The Hall–Kier alpha value is -1.44. The molecule has 146 valence electrons. The zero-order chi connectivity index (χ0) is 19.7. The van der Waals surface area contributed by atoms with Gasteiger partial charge in [-0.25, -0.2) is 0 Å². The quantitative estimate of drug-likeness (QED) is 0.164. The van der Waals surface area contributed by atoms with E-state index in [1.54, 1.807) is 7.05 Å². The van der Waals surface area contributed by atoms with Gasteiger partial charge in [0.1, 0.15) is 6.23 Å². The van der Waals surface area contributed by atoms with Gasteiger partial charge in [0, 0.05) is 30.1 Å². The molecule has 0 saturated carbocycles. The fraction of sp³-hybridized carbons (Fsp3) is 0.579. The molecule has 0 spiro atoms. The molecule has 0 aliphatic carbocycles. The molecule has 3 N–H and O–H groups in total. The summed E-state index contributed by atoms with van der Waals surface area (Å²) < 4.78 is 0. The van der Waals surface area contributed by atoms with Gasteiger partial charge in [-0.2, -0.15) is 5.11 Å². The van der Waals surface area contributed by atoms with Crippen LogP contribution in [0.5, 0.6) is 0 Å². The fourth-order valence-corrected chi connectivity index (χ4v) is 2.34. The van der Waals surface area contributed by atoms with Gasteiger partial charge >= 0.3 is 0 Å². The van der Waals surface area contributed by atoms with Crippen LogP contribution in [0.25, 0.3) is 0 Å². The van der Waals surface area contributed by atoms with Crippen LogP contribution in [-0.4, -0.2) is 47.7 Å². The highest BCUT2D eigenvalue weighted by atomic mass is 79.9. The monoisotopic (exact) mass is 425 g/mol. The Kier molecular flexibility index (Phi) is 9.83. The molecule has 0 aromatic heterocycles. The zero-order valence-electron chi connectivity index (χ0n) is 16.4. The van der Waals surface area contributed by atoms with Gasteiger partial charge < -0.3 is 10.4 Å². The van der Waals surface area contributed by atoms with E-state index in [4.69, 9.17) is 0 Å². The third-order valence-corrected chi connectivity index (χ3v) is 4.97. The lowest BCUT2D eigenvalue weighted by molar-refractivity contribution is 0.149. The van der Waals surface area contributed by atoms with Gasteiger partial charge in [0.15, 0.2) is 0 Å². The van der Waals surface area contributed by atoms with Crippen LogP contribution < -0.4 is 10.6 Å². The lowest BCUT2D eigenvalue weighted by Gasteiger charge is -2.23. The van der Waals surface area contributed by atoms with Crippen molar-refractivity contribution in [3.63, 3.8) is 0 Å². The highest BCUT2D eigenvalue weighted by Gasteiger charge is 2.12. The minimum absolute atomic E-state index is 0.113. The first-order valence-corrected chi connectivity index (χ1v) is 9.79. The van der Waals surface area contributed by atoms with Crippen molar-refractivity contribution in [2.75, 3.05) is 26.0 Å². The lowest BCUT2D eigenvalue weighted by atomic mass is 10.1. The summed E-state index contributed by atoms with van der Waals surface area (Å²) in [6.45, 7) is 11.0. The van der Waals surface area contributed by atoms with Crippen LogP contribution >= 0.6 is 15.9 Å². The molecule has 0 aliphatic heterocycles. The van der Waals surface area contributed by atoms with Gasteiger partial charge in [0.25, 0.3) is 0 Å². The first-order chi connectivity index (χ1) is 12.2. The van der Waals surface area contributed by atoms with Crippen LogP contribution in [0.1, 0.15) is 39.0 Å². The summed E-state index contributed by atoms with van der Waals surface area (Å²) in [5.41, 5.74) is 2.83. The van der Waals surface area contributed by atoms with E-state index in [0.29, 0.717) is 4.83 Å². The van der Waals surface area contributed by atoms with E-state index >= 15 is 0 Å². The number of nitrogens with zero attached hydrogens (tertiary/aromatic N) is 3. The average molecular weight is 426 g/mol. The van der Waals surface area contributed by atoms with Crippen molar-refractivity contribution in [2.24, 2.45) is 10.3 Å². The number of hydrogen-bond donors (Lipinski definition) is 3. The zero-order valence-corrected chi connectivity index (χ0v) is 18.0. The van der Waals surface area contributed by atoms with Crippen LogP contribution in [0.4, 0.5) is 5.69 Å². The summed E-state index contributed by atoms with van der Waals surface area (Å²) >= 11 is 3.51. The predicted octanol–water partition coefficient (Wildman–Crippen LogP) is 4.11. The molecule has 0 saturated heterocycles. The molecule has 0 heterocycles. The van der Waals surface area contributed by atoms with Crippen LogP contribution in [0.3, 0.4) is 0 Å². The second-order valence-electron chi connectivity index (χ2n) is 6.65. The number of aliphatic hydroxyl groups is 1. The number of halogens is 1. The highest BCUT2D eigenvalue weighted by molar-refractivity contribution is 9.09. The number of alkyl halides is 1. The Balaban J connectivity index is 2.66. The summed E-state index contributed by atoms with van der Waals surface area (Å²) in [7, 11) is 3.65. The maximum atomic E-state index is 9.93. The number of anilines is 1. The molecule has 0 amide bonds. The van der Waals surface area contributed by atoms with Crippen molar-refractivity contribution in [3.8, 4) is 0 Å². The molecule has 0 fully saturated rings. The van der Waals surface area contributed by atoms with Crippen molar-refractivity contribution >= 4 is 21.6 Å². The van der Waals surface area contributed by atoms with E-state index in [0.717, 1.165) is 29.8 Å². The Bertz CT molecular complexity index is 593. The van der Waals surface area contributed by atoms with Crippen molar-refractivity contribution in [2.45, 2.75) is 50.3 Å². The van der Waals surface area contributed by atoms with Gasteiger partial charge in [0.05, 0.1) is 6.04 Å². The maximum absolute atomic E-state index is 9.93. The molecular weight excluding hydrogens is 394 g/mol. The third kappa shape index (κ3) is 7.85. The minimum Gasteiger partial charge on any atom is -0.379 e. The van der Waals surface area contributed by atoms with Gasteiger partial charge in [-0.3, -0.25) is 10.3 Å². The van der Waals surface area contributed by atoms with Gasteiger partial charge in [0.2, 0.25) is 0 Å². The van der Waals surface area contributed by atoms with E-state index < -0.39 is 6.23 Å². The molecule has 3 unspecified atom stereocenters. The fourth-order valence-electron chi connectivity index (χ4n) is 2.23. The van der Waals surface area contributed by atoms with Crippen molar-refractivity contribution in [3.05, 3.63) is 42.0 Å². The SMILES string of the molecule is C=C(C)C(CCN(C)N=N[C@@H](C)C(C)Br)Nc1cccc(C(O)NC)c1. The number of benzene rings is 1. The van der Waals surface area contributed by atoms with E-state index in [2.05, 4.69) is 50.4 Å². The number of nitrogens with one attached hydrogen (secondary N) is 2. The van der Waals surface area contributed by atoms with Crippen LogP contribution in [0, 0.1) is 0 Å². The van der Waals surface area contributed by atoms with E-state index in [1.807, 2.05) is 50.2 Å². The minimum atomic E-state index is -0.676. The molecule has 0 aliphatic rings. The number of hydrogen-bond acceptors (Lipinski definition) is 5. The summed E-state index contributed by atoms with van der Waals surface area (Å²) in [6.07, 6.45) is 0.174. The molecule has 6 nitrogen and oxygen atoms in total. The molecule has 0 bridgehead atoms. The van der Waals surface area contributed by atoms with Crippen molar-refractivity contribution in [1.82, 2.24) is 10.3 Å². The second kappa shape index (κ2) is 11.3. The van der Waals surface area contributed by atoms with Gasteiger partial charge in [-0.05, 0) is 45.0 Å². The largest absolute Gasteiger partial charge is 0.379 e. The van der Waals surface area contributed by atoms with Crippen LogP contribution in [0.2, 0.25) is 0 Å². The molecular formula is C19H32BrN5O. The number of rotatable bonds is 11. The average Bonchev–Trinajstić information content (AvgIpc) is 2.62. The molecule has 1 aromatic rings. The molecule has 0 radical (unpaired) electrons. The summed E-state index contributed by atoms with van der Waals surface area (Å²) in [5.74, 6) is 0. The summed E-state index contributed by atoms with van der Waals surface area (Å²) in [6, 6.07) is 8.00. The highest BCUT2D eigenvalue weighted by Crippen LogP contribution is 2.19. The molecule has 4 atom stereocenters. The first-order valence-electron chi connectivity index (χ1n) is 8.87. The topological polar surface area (TPSA) is 72.2 Å². The Morgan fingerprint density at radius 2 is 2.08 bits per heavy atom. The smallest absolute Gasteiger partial charge is 0.130 e. The summed E-state index contributed by atoms with van der Waals surface area (Å²) in [5, 5.41) is 26.7. The molecule has 1 rings (SSSR count). The lowest BCUT2D eigenvalue weighted by Crippen LogP contribution is -2.26. The third-order valence-electron chi connectivity index (χ3n) is 4.20. The Morgan fingerprint density at radius 3 is 2.65 bits per heavy atom. The van der Waals surface area contributed by atoms with E-state index in [1.165, 1.54) is 0 Å². The van der Waals surface area contributed by atoms with E-state index in [9.17, 15) is 5.11 Å². The number of aliphatic hydroxyl groups excluding tert-OH is 1. The second-order valence-corrected chi connectivity index (χ2v) is 8.10. The van der Waals surface area contributed by atoms with E-state index in [-0.39, 0.29) is 12.1 Å². The maximum Gasteiger partial charge on any atom is 0.130 e. The normalized spacial score (nSPS) is 16.1. The Labute approximate surface area is 165 Å².